The maximum atomic E-state index is 15.8. The summed E-state index contributed by atoms with van der Waals surface area (Å²) in [6, 6.07) is 0.810. The zero-order chi connectivity index (χ0) is 28.3. The zero-order valence-corrected chi connectivity index (χ0v) is 24.6. The molecule has 0 radical (unpaired) electrons. The number of aryl methyl sites for hydroxylation is 1. The normalized spacial score (nSPS) is 26.7. The molecule has 3 aliphatic heterocycles. The average molecular weight is 584 g/mol. The van der Waals surface area contributed by atoms with Crippen LogP contribution in [0.3, 0.4) is 0 Å². The number of carbonyl (C=O) groups excluding carboxylic acids is 2. The number of rotatable bonds is 6. The lowest BCUT2D eigenvalue weighted by atomic mass is 9.78. The predicted molar refractivity (Wildman–Crippen MR) is 151 cm³/mol. The summed E-state index contributed by atoms with van der Waals surface area (Å²) in [6.07, 6.45) is 10.3. The van der Waals surface area contributed by atoms with Crippen molar-refractivity contribution in [3.05, 3.63) is 39.4 Å². The van der Waals surface area contributed by atoms with Crippen LogP contribution in [0, 0.1) is 23.1 Å². The molecule has 1 aromatic carbocycles. The number of amides is 2. The summed E-state index contributed by atoms with van der Waals surface area (Å²) in [5.41, 5.74) is 3.27. The van der Waals surface area contributed by atoms with Gasteiger partial charge in [-0.05, 0) is 74.3 Å². The summed E-state index contributed by atoms with van der Waals surface area (Å²) in [6.45, 7) is 4.61. The highest BCUT2D eigenvalue weighted by molar-refractivity contribution is 6.31. The lowest BCUT2D eigenvalue weighted by molar-refractivity contribution is -0.143. The van der Waals surface area contributed by atoms with Gasteiger partial charge in [-0.15, -0.1) is 5.10 Å². The number of likely N-dealkylation sites (tertiary alicyclic amines) is 1. The van der Waals surface area contributed by atoms with Crippen molar-refractivity contribution in [2.45, 2.75) is 96.7 Å². The SMILES string of the molecule is C[C@H]1CCCC[C@H]1C(=O)N1CCc2c(Cl)cc(F)c(OCc3nnn4c3CCCC4)c2[C@H]1CN1CC2(CC2)CC1=O. The fourth-order valence-corrected chi connectivity index (χ4v) is 8.09. The Balaban J connectivity index is 1.25. The fraction of sp³-hybridized carbons (Fsp3) is 0.677. The maximum absolute atomic E-state index is 15.8. The van der Waals surface area contributed by atoms with Crippen LogP contribution in [0.15, 0.2) is 6.07 Å². The minimum absolute atomic E-state index is 0.0617. The van der Waals surface area contributed by atoms with E-state index >= 15 is 4.39 Å². The zero-order valence-electron chi connectivity index (χ0n) is 23.8. The van der Waals surface area contributed by atoms with Crippen LogP contribution in [-0.2, 0) is 35.6 Å². The first-order chi connectivity index (χ1) is 19.8. The Morgan fingerprint density at radius 3 is 2.78 bits per heavy atom. The van der Waals surface area contributed by atoms with Crippen LogP contribution in [0.25, 0.3) is 0 Å². The number of hydrogen-bond acceptors (Lipinski definition) is 5. The van der Waals surface area contributed by atoms with Gasteiger partial charge in [0.25, 0.3) is 0 Å². The molecule has 41 heavy (non-hydrogen) atoms. The van der Waals surface area contributed by atoms with Crippen LogP contribution >= 0.6 is 11.6 Å². The molecular formula is C31H39ClFN5O3. The Morgan fingerprint density at radius 2 is 2.00 bits per heavy atom. The van der Waals surface area contributed by atoms with Crippen LogP contribution < -0.4 is 4.74 Å². The van der Waals surface area contributed by atoms with E-state index < -0.39 is 11.9 Å². The van der Waals surface area contributed by atoms with Crippen LogP contribution in [-0.4, -0.2) is 56.2 Å². The molecule has 10 heteroatoms. The molecule has 2 amide bonds. The highest BCUT2D eigenvalue weighted by Gasteiger charge is 2.52. The third kappa shape index (κ3) is 4.92. The topological polar surface area (TPSA) is 80.6 Å². The first kappa shape index (κ1) is 27.2. The van der Waals surface area contributed by atoms with Gasteiger partial charge >= 0.3 is 0 Å². The summed E-state index contributed by atoms with van der Waals surface area (Å²) in [5, 5.41) is 8.96. The first-order valence-corrected chi connectivity index (χ1v) is 15.8. The van der Waals surface area contributed by atoms with E-state index in [1.807, 2.05) is 14.5 Å². The third-order valence-electron chi connectivity index (χ3n) is 10.4. The second-order valence-corrected chi connectivity index (χ2v) is 13.5. The van der Waals surface area contributed by atoms with E-state index in [9.17, 15) is 9.59 Å². The highest BCUT2D eigenvalue weighted by Crippen LogP contribution is 2.54. The van der Waals surface area contributed by atoms with Crippen LogP contribution in [0.5, 0.6) is 5.75 Å². The van der Waals surface area contributed by atoms with Crippen molar-refractivity contribution in [1.29, 1.82) is 0 Å². The number of ether oxygens (including phenoxy) is 1. The number of nitrogens with zero attached hydrogens (tertiary/aromatic N) is 5. The smallest absolute Gasteiger partial charge is 0.226 e. The second-order valence-electron chi connectivity index (χ2n) is 13.1. The van der Waals surface area contributed by atoms with Crippen molar-refractivity contribution in [1.82, 2.24) is 24.8 Å². The van der Waals surface area contributed by atoms with Crippen molar-refractivity contribution >= 4 is 23.4 Å². The number of fused-ring (bicyclic) bond motifs is 2. The highest BCUT2D eigenvalue weighted by atomic mass is 35.5. The molecule has 3 atom stereocenters. The molecule has 0 N–H and O–H groups in total. The molecule has 1 spiro atoms. The molecule has 220 valence electrons. The quantitative estimate of drug-likeness (QED) is 0.464. The van der Waals surface area contributed by atoms with Crippen molar-refractivity contribution < 1.29 is 18.7 Å². The molecule has 3 fully saturated rings. The summed E-state index contributed by atoms with van der Waals surface area (Å²) in [4.78, 5) is 31.2. The molecule has 1 aromatic heterocycles. The van der Waals surface area contributed by atoms with Crippen LogP contribution in [0.4, 0.5) is 4.39 Å². The van der Waals surface area contributed by atoms with Crippen LogP contribution in [0.1, 0.15) is 93.3 Å². The van der Waals surface area contributed by atoms with Gasteiger partial charge < -0.3 is 14.5 Å². The van der Waals surface area contributed by atoms with Gasteiger partial charge in [0.2, 0.25) is 11.8 Å². The molecule has 7 rings (SSSR count). The minimum Gasteiger partial charge on any atom is -0.484 e. The summed E-state index contributed by atoms with van der Waals surface area (Å²) in [7, 11) is 0. The standard InChI is InChI=1S/C31H39ClFN5O3/c1-19-6-2-3-7-20(19)30(40)37-13-9-21-22(32)14-23(33)29(41-17-24-25-8-4-5-12-38(25)35-34-24)28(21)26(37)16-36-18-31(10-11-31)15-27(36)39/h14,19-20,26H,2-13,15-18H2,1H3/t19-,20+,26+/m0/s1. The van der Waals surface area contributed by atoms with Gasteiger partial charge in [0.1, 0.15) is 12.3 Å². The minimum atomic E-state index is -0.550. The molecular weight excluding hydrogens is 545 g/mol. The van der Waals surface area contributed by atoms with Crippen molar-refractivity contribution in [3.8, 4) is 5.75 Å². The fourth-order valence-electron chi connectivity index (χ4n) is 7.80. The van der Waals surface area contributed by atoms with Gasteiger partial charge in [0.05, 0.1) is 11.7 Å². The van der Waals surface area contributed by atoms with Gasteiger partial charge in [0, 0.05) is 49.1 Å². The van der Waals surface area contributed by atoms with Gasteiger partial charge in [-0.3, -0.25) is 9.59 Å². The number of carbonyl (C=O) groups is 2. The Bertz CT molecular complexity index is 1370. The Kier molecular flexibility index (Phi) is 6.99. The van der Waals surface area contributed by atoms with Crippen molar-refractivity contribution in [2.75, 3.05) is 19.6 Å². The van der Waals surface area contributed by atoms with Gasteiger partial charge in [-0.25, -0.2) is 9.07 Å². The third-order valence-corrected chi connectivity index (χ3v) is 10.7. The Labute approximate surface area is 245 Å². The summed E-state index contributed by atoms with van der Waals surface area (Å²) in [5.74, 6) is 0.0368. The molecule has 4 heterocycles. The molecule has 1 saturated heterocycles. The lowest BCUT2D eigenvalue weighted by Crippen LogP contribution is -2.49. The van der Waals surface area contributed by atoms with E-state index in [4.69, 9.17) is 16.3 Å². The molecule has 2 saturated carbocycles. The second kappa shape index (κ2) is 10.5. The lowest BCUT2D eigenvalue weighted by Gasteiger charge is -2.43. The number of halogens is 2. The first-order valence-electron chi connectivity index (χ1n) is 15.5. The number of hydrogen-bond donors (Lipinski definition) is 0. The molecule has 0 bridgehead atoms. The molecule has 0 unspecified atom stereocenters. The van der Waals surface area contributed by atoms with E-state index in [1.165, 1.54) is 6.07 Å². The summed E-state index contributed by atoms with van der Waals surface area (Å²) < 4.78 is 24.0. The number of benzene rings is 1. The monoisotopic (exact) mass is 583 g/mol. The van der Waals surface area contributed by atoms with E-state index in [-0.39, 0.29) is 35.5 Å². The molecule has 8 nitrogen and oxygen atoms in total. The largest absolute Gasteiger partial charge is 0.484 e. The van der Waals surface area contributed by atoms with Crippen LogP contribution in [0.2, 0.25) is 5.02 Å². The predicted octanol–water partition coefficient (Wildman–Crippen LogP) is 5.25. The van der Waals surface area contributed by atoms with E-state index in [0.717, 1.165) is 81.3 Å². The summed E-state index contributed by atoms with van der Waals surface area (Å²) >= 11 is 6.67. The Morgan fingerprint density at radius 1 is 1.17 bits per heavy atom. The van der Waals surface area contributed by atoms with Gasteiger partial charge in [-0.2, -0.15) is 0 Å². The van der Waals surface area contributed by atoms with Crippen molar-refractivity contribution in [2.24, 2.45) is 17.3 Å². The van der Waals surface area contributed by atoms with Gasteiger partial charge in [0.15, 0.2) is 11.6 Å². The maximum Gasteiger partial charge on any atom is 0.226 e. The molecule has 5 aliphatic rings. The van der Waals surface area contributed by atoms with E-state index in [1.54, 1.807) is 0 Å². The van der Waals surface area contributed by atoms with E-state index in [0.29, 0.717) is 49.0 Å². The van der Waals surface area contributed by atoms with Gasteiger partial charge in [-0.1, -0.05) is 36.6 Å². The van der Waals surface area contributed by atoms with E-state index in [2.05, 4.69) is 17.2 Å². The number of aromatic nitrogens is 3. The molecule has 2 aromatic rings. The average Bonchev–Trinajstić information content (AvgIpc) is 3.47. The molecule has 2 aliphatic carbocycles. The Hall–Kier alpha value is -2.68. The van der Waals surface area contributed by atoms with Crippen molar-refractivity contribution in [3.63, 3.8) is 0 Å².